The van der Waals surface area contributed by atoms with Crippen LogP contribution in [0.1, 0.15) is 0 Å². The SMILES string of the molecule is COc1ccc(N2CCN(c3c([N+](=O)[O-])c(=O)n(-c4ccccc4)c4ccccc34)CC2)cc1. The largest absolute Gasteiger partial charge is 0.497 e. The Morgan fingerprint density at radius 1 is 0.794 bits per heavy atom. The predicted molar refractivity (Wildman–Crippen MR) is 134 cm³/mol. The molecular formula is C26H24N4O4. The molecule has 1 aromatic heterocycles. The number of nitro groups is 1. The molecule has 0 spiro atoms. The van der Waals surface area contributed by atoms with E-state index in [4.69, 9.17) is 4.74 Å². The third-order valence-electron chi connectivity index (χ3n) is 6.26. The van der Waals surface area contributed by atoms with Gasteiger partial charge >= 0.3 is 11.2 Å². The molecule has 3 aromatic carbocycles. The Hall–Kier alpha value is -4.33. The van der Waals surface area contributed by atoms with Gasteiger partial charge in [0.05, 0.1) is 17.5 Å². The van der Waals surface area contributed by atoms with E-state index in [1.54, 1.807) is 19.2 Å². The summed E-state index contributed by atoms with van der Waals surface area (Å²) < 4.78 is 6.67. The number of anilines is 2. The molecule has 34 heavy (non-hydrogen) atoms. The summed E-state index contributed by atoms with van der Waals surface area (Å²) in [7, 11) is 1.64. The quantitative estimate of drug-likeness (QED) is 0.330. The topological polar surface area (TPSA) is 80.8 Å². The van der Waals surface area contributed by atoms with Crippen molar-refractivity contribution in [2.75, 3.05) is 43.1 Å². The number of para-hydroxylation sites is 2. The molecule has 1 saturated heterocycles. The minimum absolute atomic E-state index is 0.388. The molecule has 8 heteroatoms. The minimum atomic E-state index is -0.623. The van der Waals surface area contributed by atoms with Gasteiger partial charge in [-0.25, -0.2) is 0 Å². The maximum Gasteiger partial charge on any atom is 0.358 e. The van der Waals surface area contributed by atoms with E-state index in [1.807, 2.05) is 71.6 Å². The van der Waals surface area contributed by atoms with Gasteiger partial charge in [-0.05, 0) is 42.5 Å². The van der Waals surface area contributed by atoms with Crippen molar-refractivity contribution < 1.29 is 9.66 Å². The second-order valence-corrected chi connectivity index (χ2v) is 8.12. The summed E-state index contributed by atoms with van der Waals surface area (Å²) in [6.45, 7) is 2.48. The zero-order valence-electron chi connectivity index (χ0n) is 18.8. The molecule has 4 aromatic rings. The van der Waals surface area contributed by atoms with Crippen LogP contribution in [0.5, 0.6) is 5.75 Å². The second-order valence-electron chi connectivity index (χ2n) is 8.12. The van der Waals surface area contributed by atoms with Gasteiger partial charge in [-0.1, -0.05) is 36.4 Å². The first-order valence-corrected chi connectivity index (χ1v) is 11.1. The van der Waals surface area contributed by atoms with E-state index in [1.165, 1.54) is 4.57 Å². The van der Waals surface area contributed by atoms with E-state index in [-0.39, 0.29) is 5.69 Å². The maximum absolute atomic E-state index is 13.5. The summed E-state index contributed by atoms with van der Waals surface area (Å²) in [4.78, 5) is 29.4. The smallest absolute Gasteiger partial charge is 0.358 e. The number of ether oxygens (including phenoxy) is 1. The zero-order valence-corrected chi connectivity index (χ0v) is 18.8. The van der Waals surface area contributed by atoms with Crippen molar-refractivity contribution in [1.29, 1.82) is 0 Å². The number of methoxy groups -OCH3 is 1. The fraction of sp³-hybridized carbons (Fsp3) is 0.192. The Labute approximate surface area is 196 Å². The van der Waals surface area contributed by atoms with Crippen LogP contribution in [-0.4, -0.2) is 42.8 Å². The molecule has 8 nitrogen and oxygen atoms in total. The van der Waals surface area contributed by atoms with Gasteiger partial charge in [0, 0.05) is 42.9 Å². The van der Waals surface area contributed by atoms with E-state index in [9.17, 15) is 14.9 Å². The molecule has 1 aliphatic rings. The van der Waals surface area contributed by atoms with Crippen molar-refractivity contribution in [2.45, 2.75) is 0 Å². The average molecular weight is 457 g/mol. The van der Waals surface area contributed by atoms with Crippen molar-refractivity contribution in [2.24, 2.45) is 0 Å². The van der Waals surface area contributed by atoms with Crippen LogP contribution < -0.4 is 20.1 Å². The number of hydrogen-bond donors (Lipinski definition) is 0. The van der Waals surface area contributed by atoms with Gasteiger partial charge in [0.1, 0.15) is 11.4 Å². The van der Waals surface area contributed by atoms with Crippen molar-refractivity contribution >= 4 is 28.0 Å². The van der Waals surface area contributed by atoms with E-state index in [0.29, 0.717) is 48.5 Å². The molecule has 5 rings (SSSR count). The van der Waals surface area contributed by atoms with Crippen LogP contribution >= 0.6 is 0 Å². The van der Waals surface area contributed by atoms with Gasteiger partial charge < -0.3 is 14.5 Å². The normalized spacial score (nSPS) is 13.8. The van der Waals surface area contributed by atoms with E-state index in [2.05, 4.69) is 4.90 Å². The number of fused-ring (bicyclic) bond motifs is 1. The zero-order chi connectivity index (χ0) is 23.7. The van der Waals surface area contributed by atoms with Crippen molar-refractivity contribution in [3.63, 3.8) is 0 Å². The molecular weight excluding hydrogens is 432 g/mol. The standard InChI is InChI=1S/C26H24N4O4/c1-34-21-13-11-19(12-14-21)27-15-17-28(18-16-27)24-22-9-5-6-10-23(22)29(20-7-3-2-4-8-20)26(31)25(24)30(32)33/h2-14H,15-18H2,1H3. The Kier molecular flexibility index (Phi) is 5.63. The highest BCUT2D eigenvalue weighted by atomic mass is 16.6. The lowest BCUT2D eigenvalue weighted by molar-refractivity contribution is -0.385. The molecule has 0 atom stereocenters. The lowest BCUT2D eigenvalue weighted by Gasteiger charge is -2.37. The fourth-order valence-electron chi connectivity index (χ4n) is 4.61. The summed E-state index contributed by atoms with van der Waals surface area (Å²) in [6, 6.07) is 24.3. The highest BCUT2D eigenvalue weighted by molar-refractivity contribution is 5.97. The van der Waals surface area contributed by atoms with Crippen LogP contribution in [0, 0.1) is 10.1 Å². The molecule has 0 bridgehead atoms. The summed E-state index contributed by atoms with van der Waals surface area (Å²) in [5.41, 5.74) is 1.70. The number of benzene rings is 3. The Morgan fingerprint density at radius 3 is 2.06 bits per heavy atom. The maximum atomic E-state index is 13.5. The van der Waals surface area contributed by atoms with E-state index in [0.717, 1.165) is 11.4 Å². The first-order chi connectivity index (χ1) is 16.6. The van der Waals surface area contributed by atoms with Gasteiger partial charge in [0.15, 0.2) is 0 Å². The van der Waals surface area contributed by atoms with Crippen LogP contribution in [0.3, 0.4) is 0 Å². The van der Waals surface area contributed by atoms with Gasteiger partial charge in [-0.15, -0.1) is 0 Å². The average Bonchev–Trinajstić information content (AvgIpc) is 2.88. The van der Waals surface area contributed by atoms with Crippen molar-refractivity contribution in [3.05, 3.63) is 99.3 Å². The molecule has 0 amide bonds. The Balaban J connectivity index is 1.57. The number of pyridine rings is 1. The molecule has 172 valence electrons. The van der Waals surface area contributed by atoms with Crippen LogP contribution in [0.15, 0.2) is 83.7 Å². The van der Waals surface area contributed by atoms with Gasteiger partial charge in [-0.2, -0.15) is 0 Å². The number of aromatic nitrogens is 1. The molecule has 2 heterocycles. The summed E-state index contributed by atoms with van der Waals surface area (Å²) in [6.07, 6.45) is 0. The Bertz CT molecular complexity index is 1390. The fourth-order valence-corrected chi connectivity index (χ4v) is 4.61. The van der Waals surface area contributed by atoms with Gasteiger partial charge in [0.25, 0.3) is 0 Å². The van der Waals surface area contributed by atoms with Crippen LogP contribution in [0.2, 0.25) is 0 Å². The van der Waals surface area contributed by atoms with E-state index >= 15 is 0 Å². The molecule has 1 aliphatic heterocycles. The predicted octanol–water partition coefficient (Wildman–Crippen LogP) is 4.23. The highest BCUT2D eigenvalue weighted by Crippen LogP contribution is 2.35. The lowest BCUT2D eigenvalue weighted by atomic mass is 10.1. The highest BCUT2D eigenvalue weighted by Gasteiger charge is 2.31. The van der Waals surface area contributed by atoms with Gasteiger partial charge in [-0.3, -0.25) is 19.5 Å². The number of piperazine rings is 1. The monoisotopic (exact) mass is 456 g/mol. The number of nitrogens with zero attached hydrogens (tertiary/aromatic N) is 4. The number of hydrogen-bond acceptors (Lipinski definition) is 6. The number of rotatable bonds is 5. The second kappa shape index (κ2) is 8.90. The molecule has 0 N–H and O–H groups in total. The van der Waals surface area contributed by atoms with Gasteiger partial charge in [0.2, 0.25) is 0 Å². The lowest BCUT2D eigenvalue weighted by Crippen LogP contribution is -2.47. The first-order valence-electron chi connectivity index (χ1n) is 11.1. The summed E-state index contributed by atoms with van der Waals surface area (Å²) in [5.74, 6) is 0.795. The molecule has 0 saturated carbocycles. The first kappa shape index (κ1) is 21.5. The molecule has 1 fully saturated rings. The van der Waals surface area contributed by atoms with Crippen molar-refractivity contribution in [3.8, 4) is 11.4 Å². The van der Waals surface area contributed by atoms with Crippen molar-refractivity contribution in [1.82, 2.24) is 4.57 Å². The molecule has 0 radical (unpaired) electrons. The minimum Gasteiger partial charge on any atom is -0.497 e. The van der Waals surface area contributed by atoms with Crippen LogP contribution in [0.25, 0.3) is 16.6 Å². The summed E-state index contributed by atoms with van der Waals surface area (Å²) in [5, 5.41) is 12.9. The van der Waals surface area contributed by atoms with Crippen LogP contribution in [-0.2, 0) is 0 Å². The van der Waals surface area contributed by atoms with E-state index < -0.39 is 10.5 Å². The third-order valence-corrected chi connectivity index (χ3v) is 6.26. The molecule has 0 aliphatic carbocycles. The Morgan fingerprint density at radius 2 is 1.41 bits per heavy atom. The molecule has 0 unspecified atom stereocenters. The summed E-state index contributed by atoms with van der Waals surface area (Å²) >= 11 is 0. The van der Waals surface area contributed by atoms with Crippen LogP contribution in [0.4, 0.5) is 17.1 Å². The third kappa shape index (κ3) is 3.73.